The average Bonchev–Trinajstić information content (AvgIpc) is 2.96. The molecule has 102 valence electrons. The zero-order chi connectivity index (χ0) is 13.7. The summed E-state index contributed by atoms with van der Waals surface area (Å²) in [5.41, 5.74) is 4.32. The van der Waals surface area contributed by atoms with E-state index in [2.05, 4.69) is 11.3 Å². The van der Waals surface area contributed by atoms with Crippen LogP contribution in [0.2, 0.25) is 0 Å². The number of hydrogen-bond donors (Lipinski definition) is 0. The van der Waals surface area contributed by atoms with Gasteiger partial charge in [-0.2, -0.15) is 0 Å². The lowest BCUT2D eigenvalue weighted by molar-refractivity contribution is 0.628. The van der Waals surface area contributed by atoms with Gasteiger partial charge < -0.3 is 0 Å². The lowest BCUT2D eigenvalue weighted by Crippen LogP contribution is -2.03. The van der Waals surface area contributed by atoms with E-state index in [0.717, 1.165) is 28.3 Å². The SMILES string of the molecule is Cc1c(-c2cccc(F)c2)nc2sc3c(n12)CCCC3. The third-order valence-corrected chi connectivity index (χ3v) is 5.19. The molecular formula is C16H15FN2S. The van der Waals surface area contributed by atoms with Crippen LogP contribution >= 0.6 is 11.3 Å². The van der Waals surface area contributed by atoms with Gasteiger partial charge >= 0.3 is 0 Å². The Hall–Kier alpha value is -1.68. The molecule has 1 aliphatic rings. The van der Waals surface area contributed by atoms with Gasteiger partial charge in [-0.1, -0.05) is 12.1 Å². The summed E-state index contributed by atoms with van der Waals surface area (Å²) in [4.78, 5) is 7.27. The molecule has 1 aliphatic carbocycles. The number of benzene rings is 1. The zero-order valence-corrected chi connectivity index (χ0v) is 12.1. The number of hydrogen-bond acceptors (Lipinski definition) is 2. The fraction of sp³-hybridized carbons (Fsp3) is 0.312. The van der Waals surface area contributed by atoms with E-state index in [-0.39, 0.29) is 5.82 Å². The fourth-order valence-electron chi connectivity index (χ4n) is 3.09. The van der Waals surface area contributed by atoms with Crippen molar-refractivity contribution in [3.63, 3.8) is 0 Å². The molecule has 0 radical (unpaired) electrons. The second-order valence-corrected chi connectivity index (χ2v) is 6.42. The highest BCUT2D eigenvalue weighted by Gasteiger charge is 2.21. The van der Waals surface area contributed by atoms with Crippen molar-refractivity contribution in [2.24, 2.45) is 0 Å². The predicted molar refractivity (Wildman–Crippen MR) is 79.8 cm³/mol. The molecular weight excluding hydrogens is 271 g/mol. The number of thiazole rings is 1. The van der Waals surface area contributed by atoms with E-state index in [1.165, 1.54) is 35.9 Å². The van der Waals surface area contributed by atoms with Crippen LogP contribution in [-0.2, 0) is 12.8 Å². The van der Waals surface area contributed by atoms with Gasteiger partial charge in [0, 0.05) is 21.8 Å². The van der Waals surface area contributed by atoms with Crippen molar-refractivity contribution in [3.8, 4) is 11.3 Å². The quantitative estimate of drug-likeness (QED) is 0.648. The first-order valence-electron chi connectivity index (χ1n) is 6.99. The normalized spacial score (nSPS) is 14.7. The molecule has 2 nitrogen and oxygen atoms in total. The van der Waals surface area contributed by atoms with Gasteiger partial charge in [0.15, 0.2) is 4.96 Å². The van der Waals surface area contributed by atoms with Gasteiger partial charge in [-0.3, -0.25) is 4.40 Å². The van der Waals surface area contributed by atoms with Crippen molar-refractivity contribution in [3.05, 3.63) is 46.3 Å². The third kappa shape index (κ3) is 1.71. The Morgan fingerprint density at radius 2 is 2.10 bits per heavy atom. The molecule has 0 saturated carbocycles. The van der Waals surface area contributed by atoms with Gasteiger partial charge in [0.1, 0.15) is 5.82 Å². The Kier molecular flexibility index (Phi) is 2.67. The van der Waals surface area contributed by atoms with Crippen LogP contribution in [0.4, 0.5) is 4.39 Å². The van der Waals surface area contributed by atoms with Crippen molar-refractivity contribution in [2.75, 3.05) is 0 Å². The van der Waals surface area contributed by atoms with E-state index >= 15 is 0 Å². The fourth-order valence-corrected chi connectivity index (χ4v) is 4.34. The van der Waals surface area contributed by atoms with Crippen LogP contribution in [0.25, 0.3) is 16.2 Å². The number of nitrogens with zero attached hydrogens (tertiary/aromatic N) is 2. The first kappa shape index (κ1) is 12.1. The van der Waals surface area contributed by atoms with E-state index in [0.29, 0.717) is 0 Å². The van der Waals surface area contributed by atoms with Crippen molar-refractivity contribution in [1.29, 1.82) is 0 Å². The summed E-state index contributed by atoms with van der Waals surface area (Å²) in [6.45, 7) is 2.09. The molecule has 0 aliphatic heterocycles. The van der Waals surface area contributed by atoms with Crippen molar-refractivity contribution >= 4 is 16.3 Å². The van der Waals surface area contributed by atoms with Crippen molar-refractivity contribution in [2.45, 2.75) is 32.6 Å². The van der Waals surface area contributed by atoms with E-state index in [9.17, 15) is 4.39 Å². The van der Waals surface area contributed by atoms with Crippen molar-refractivity contribution < 1.29 is 4.39 Å². The Morgan fingerprint density at radius 1 is 1.25 bits per heavy atom. The monoisotopic (exact) mass is 286 g/mol. The highest BCUT2D eigenvalue weighted by Crippen LogP contribution is 2.34. The van der Waals surface area contributed by atoms with Crippen LogP contribution < -0.4 is 0 Å². The minimum atomic E-state index is -0.208. The summed E-state index contributed by atoms with van der Waals surface area (Å²) in [6, 6.07) is 6.70. The minimum Gasteiger partial charge on any atom is -0.291 e. The zero-order valence-electron chi connectivity index (χ0n) is 11.3. The molecule has 0 spiro atoms. The standard InChI is InChI=1S/C16H15FN2S/c1-10-15(11-5-4-6-12(17)9-11)18-16-19(10)13-7-2-3-8-14(13)20-16/h4-6,9H,2-3,7-8H2,1H3. The third-order valence-electron chi connectivity index (χ3n) is 4.05. The van der Waals surface area contributed by atoms with Gasteiger partial charge in [-0.15, -0.1) is 11.3 Å². The van der Waals surface area contributed by atoms with E-state index in [1.54, 1.807) is 23.5 Å². The van der Waals surface area contributed by atoms with Gasteiger partial charge in [0.05, 0.1) is 5.69 Å². The first-order valence-corrected chi connectivity index (χ1v) is 7.81. The average molecular weight is 286 g/mol. The molecule has 2 heterocycles. The van der Waals surface area contributed by atoms with Gasteiger partial charge in [0.2, 0.25) is 0 Å². The van der Waals surface area contributed by atoms with E-state index in [1.807, 2.05) is 6.07 Å². The second-order valence-electron chi connectivity index (χ2n) is 5.35. The topological polar surface area (TPSA) is 17.3 Å². The van der Waals surface area contributed by atoms with Crippen LogP contribution in [0.5, 0.6) is 0 Å². The lowest BCUT2D eigenvalue weighted by Gasteiger charge is -2.11. The molecule has 0 fully saturated rings. The Bertz CT molecular complexity index is 800. The molecule has 0 atom stereocenters. The lowest BCUT2D eigenvalue weighted by atomic mass is 10.0. The van der Waals surface area contributed by atoms with Crippen LogP contribution in [0.3, 0.4) is 0 Å². The first-order chi connectivity index (χ1) is 9.74. The Morgan fingerprint density at radius 3 is 2.95 bits per heavy atom. The van der Waals surface area contributed by atoms with E-state index in [4.69, 9.17) is 4.98 Å². The number of fused-ring (bicyclic) bond motifs is 3. The number of halogens is 1. The van der Waals surface area contributed by atoms with Crippen molar-refractivity contribution in [1.82, 2.24) is 9.38 Å². The van der Waals surface area contributed by atoms with E-state index < -0.39 is 0 Å². The van der Waals surface area contributed by atoms with Gasteiger partial charge in [-0.25, -0.2) is 9.37 Å². The number of rotatable bonds is 1. The Balaban J connectivity index is 1.94. The predicted octanol–water partition coefficient (Wildman–Crippen LogP) is 4.39. The smallest absolute Gasteiger partial charge is 0.194 e. The number of imidazole rings is 1. The highest BCUT2D eigenvalue weighted by molar-refractivity contribution is 7.17. The molecule has 0 saturated heterocycles. The van der Waals surface area contributed by atoms with Gasteiger partial charge in [0.25, 0.3) is 0 Å². The highest BCUT2D eigenvalue weighted by atomic mass is 32.1. The molecule has 0 amide bonds. The molecule has 1 aromatic carbocycles. The molecule has 4 heteroatoms. The maximum absolute atomic E-state index is 13.4. The summed E-state index contributed by atoms with van der Waals surface area (Å²) in [5, 5.41) is 0. The maximum Gasteiger partial charge on any atom is 0.194 e. The summed E-state index contributed by atoms with van der Waals surface area (Å²) in [6.07, 6.45) is 4.85. The minimum absolute atomic E-state index is 0.208. The molecule has 0 N–H and O–H groups in total. The summed E-state index contributed by atoms with van der Waals surface area (Å²) < 4.78 is 15.7. The van der Waals surface area contributed by atoms with Crippen LogP contribution in [0.1, 0.15) is 29.1 Å². The largest absolute Gasteiger partial charge is 0.291 e. The van der Waals surface area contributed by atoms with Crippen LogP contribution in [0.15, 0.2) is 24.3 Å². The molecule has 0 unspecified atom stereocenters. The molecule has 3 aromatic rings. The number of aryl methyl sites for hydroxylation is 3. The summed E-state index contributed by atoms with van der Waals surface area (Å²) >= 11 is 1.79. The molecule has 2 aromatic heterocycles. The second kappa shape index (κ2) is 4.42. The van der Waals surface area contributed by atoms with Gasteiger partial charge in [-0.05, 0) is 44.7 Å². The molecule has 4 rings (SSSR count). The van der Waals surface area contributed by atoms with Crippen LogP contribution in [0, 0.1) is 12.7 Å². The Labute approximate surface area is 120 Å². The van der Waals surface area contributed by atoms with Crippen LogP contribution in [-0.4, -0.2) is 9.38 Å². The summed E-state index contributed by atoms with van der Waals surface area (Å²) in [7, 11) is 0. The molecule has 20 heavy (non-hydrogen) atoms. The maximum atomic E-state index is 13.4. The summed E-state index contributed by atoms with van der Waals surface area (Å²) in [5.74, 6) is -0.208. The molecule has 0 bridgehead atoms. The number of aromatic nitrogens is 2.